The average molecular weight is 300 g/mol. The second-order valence-corrected chi connectivity index (χ2v) is 5.08. The maximum Gasteiger partial charge on any atom is 0.260 e. The Bertz CT molecular complexity index is 472. The van der Waals surface area contributed by atoms with Gasteiger partial charge >= 0.3 is 0 Å². The first-order chi connectivity index (χ1) is 9.58. The lowest BCUT2D eigenvalue weighted by molar-refractivity contribution is -0.137. The Hall–Kier alpha value is -1.30. The van der Waals surface area contributed by atoms with Gasteiger partial charge in [-0.3, -0.25) is 4.79 Å². The van der Waals surface area contributed by atoms with Crippen LogP contribution in [0.1, 0.15) is 18.6 Å². The predicted molar refractivity (Wildman–Crippen MR) is 75.0 cm³/mol. The molecule has 1 heterocycles. The number of nitrogens with zero attached hydrogens (tertiary/aromatic N) is 1. The summed E-state index contributed by atoms with van der Waals surface area (Å²) in [6.07, 6.45) is -0.706. The second kappa shape index (κ2) is 6.92. The van der Waals surface area contributed by atoms with Gasteiger partial charge in [-0.1, -0.05) is 11.6 Å². The molecule has 0 unspecified atom stereocenters. The number of aliphatic hydroxyl groups excluding tert-OH is 1. The largest absolute Gasteiger partial charge is 0.483 e. The van der Waals surface area contributed by atoms with Gasteiger partial charge in [-0.25, -0.2) is 0 Å². The molecule has 2 rings (SSSR count). The molecule has 1 N–H and O–H groups in total. The molecule has 1 aromatic rings. The van der Waals surface area contributed by atoms with Crippen LogP contribution in [0.25, 0.3) is 0 Å². The lowest BCUT2D eigenvalue weighted by Crippen LogP contribution is -2.43. The van der Waals surface area contributed by atoms with Gasteiger partial charge in [0, 0.05) is 23.7 Å². The summed E-state index contributed by atoms with van der Waals surface area (Å²) >= 11 is 5.89. The summed E-state index contributed by atoms with van der Waals surface area (Å²) in [6, 6.07) is 4.97. The van der Waals surface area contributed by atoms with Crippen LogP contribution in [0.5, 0.6) is 5.75 Å². The number of carbonyl (C=O) groups excluding carboxylic acids is 1. The van der Waals surface area contributed by atoms with E-state index in [2.05, 4.69) is 0 Å². The molecule has 6 heteroatoms. The van der Waals surface area contributed by atoms with Gasteiger partial charge in [0.15, 0.2) is 6.61 Å². The van der Waals surface area contributed by atoms with E-state index in [1.54, 1.807) is 30.0 Å². The van der Waals surface area contributed by atoms with Crippen molar-refractivity contribution in [1.82, 2.24) is 4.90 Å². The van der Waals surface area contributed by atoms with Gasteiger partial charge in [0.25, 0.3) is 5.91 Å². The van der Waals surface area contributed by atoms with Crippen LogP contribution < -0.4 is 4.74 Å². The SMILES string of the molecule is C[C@@H](O)c1cc(Cl)ccc1OCC(=O)N1CCOCC1. The number of ether oxygens (including phenoxy) is 2. The minimum Gasteiger partial charge on any atom is -0.483 e. The summed E-state index contributed by atoms with van der Waals surface area (Å²) in [5.74, 6) is 0.394. The topological polar surface area (TPSA) is 59.0 Å². The van der Waals surface area contributed by atoms with Crippen LogP contribution in [-0.4, -0.2) is 48.8 Å². The lowest BCUT2D eigenvalue weighted by Gasteiger charge is -2.27. The zero-order chi connectivity index (χ0) is 14.5. The maximum atomic E-state index is 12.0. The number of morpholine rings is 1. The Balaban J connectivity index is 1.98. The van der Waals surface area contributed by atoms with Crippen molar-refractivity contribution >= 4 is 17.5 Å². The molecule has 1 saturated heterocycles. The Labute approximate surface area is 123 Å². The Kier molecular flexibility index (Phi) is 5.23. The van der Waals surface area contributed by atoms with Crippen molar-refractivity contribution in [3.8, 4) is 5.75 Å². The molecule has 0 saturated carbocycles. The van der Waals surface area contributed by atoms with Crippen molar-refractivity contribution in [3.05, 3.63) is 28.8 Å². The number of aliphatic hydroxyl groups is 1. The fourth-order valence-corrected chi connectivity index (χ4v) is 2.20. The van der Waals surface area contributed by atoms with E-state index in [-0.39, 0.29) is 12.5 Å². The standard InChI is InChI=1S/C14H18ClNO4/c1-10(17)12-8-11(15)2-3-13(12)20-9-14(18)16-4-6-19-7-5-16/h2-3,8,10,17H,4-7,9H2,1H3/t10-/m1/s1. The number of hydrogen-bond acceptors (Lipinski definition) is 4. The second-order valence-electron chi connectivity index (χ2n) is 4.64. The molecule has 1 fully saturated rings. The summed E-state index contributed by atoms with van der Waals surface area (Å²) < 4.78 is 10.7. The van der Waals surface area contributed by atoms with Gasteiger partial charge in [-0.15, -0.1) is 0 Å². The third-order valence-electron chi connectivity index (χ3n) is 3.14. The fourth-order valence-electron chi connectivity index (χ4n) is 2.02. The van der Waals surface area contributed by atoms with Crippen LogP contribution in [0, 0.1) is 0 Å². The molecule has 0 aliphatic carbocycles. The number of carbonyl (C=O) groups is 1. The van der Waals surface area contributed by atoms with Gasteiger partial charge in [-0.05, 0) is 25.1 Å². The molecule has 20 heavy (non-hydrogen) atoms. The van der Waals surface area contributed by atoms with E-state index in [0.717, 1.165) is 0 Å². The smallest absolute Gasteiger partial charge is 0.260 e. The van der Waals surface area contributed by atoms with Crippen LogP contribution in [0.3, 0.4) is 0 Å². The zero-order valence-corrected chi connectivity index (χ0v) is 12.1. The van der Waals surface area contributed by atoms with Crippen molar-refractivity contribution in [3.63, 3.8) is 0 Å². The van der Waals surface area contributed by atoms with Gasteiger partial charge in [0.2, 0.25) is 0 Å². The monoisotopic (exact) mass is 299 g/mol. The normalized spacial score (nSPS) is 16.9. The fraction of sp³-hybridized carbons (Fsp3) is 0.500. The molecular weight excluding hydrogens is 282 g/mol. The van der Waals surface area contributed by atoms with E-state index in [1.165, 1.54) is 0 Å². The van der Waals surface area contributed by atoms with E-state index < -0.39 is 6.10 Å². The van der Waals surface area contributed by atoms with Crippen LogP contribution >= 0.6 is 11.6 Å². The van der Waals surface area contributed by atoms with Gasteiger partial charge in [-0.2, -0.15) is 0 Å². The predicted octanol–water partition coefficient (Wildman–Crippen LogP) is 1.63. The van der Waals surface area contributed by atoms with Crippen LogP contribution in [0.15, 0.2) is 18.2 Å². The van der Waals surface area contributed by atoms with Crippen molar-refractivity contribution in [1.29, 1.82) is 0 Å². The van der Waals surface area contributed by atoms with Crippen molar-refractivity contribution < 1.29 is 19.4 Å². The Morgan fingerprint density at radius 3 is 2.85 bits per heavy atom. The summed E-state index contributed by atoms with van der Waals surface area (Å²) in [6.45, 7) is 3.87. The molecular formula is C14H18ClNO4. The molecule has 0 spiro atoms. The quantitative estimate of drug-likeness (QED) is 0.918. The maximum absolute atomic E-state index is 12.0. The lowest BCUT2D eigenvalue weighted by atomic mass is 10.1. The molecule has 1 aliphatic heterocycles. The average Bonchev–Trinajstić information content (AvgIpc) is 2.46. The summed E-state index contributed by atoms with van der Waals surface area (Å²) in [7, 11) is 0. The molecule has 5 nitrogen and oxygen atoms in total. The summed E-state index contributed by atoms with van der Waals surface area (Å²) in [5.41, 5.74) is 0.576. The number of benzene rings is 1. The highest BCUT2D eigenvalue weighted by Crippen LogP contribution is 2.28. The molecule has 1 amide bonds. The van der Waals surface area contributed by atoms with Crippen LogP contribution in [0.4, 0.5) is 0 Å². The number of halogens is 1. The highest BCUT2D eigenvalue weighted by Gasteiger charge is 2.18. The summed E-state index contributed by atoms with van der Waals surface area (Å²) in [4.78, 5) is 13.7. The minimum atomic E-state index is -0.706. The zero-order valence-electron chi connectivity index (χ0n) is 11.3. The van der Waals surface area contributed by atoms with Crippen molar-refractivity contribution in [2.75, 3.05) is 32.9 Å². The van der Waals surface area contributed by atoms with Crippen LogP contribution in [-0.2, 0) is 9.53 Å². The van der Waals surface area contributed by atoms with Gasteiger partial charge in [0.1, 0.15) is 5.75 Å². The molecule has 0 aromatic heterocycles. The summed E-state index contributed by atoms with van der Waals surface area (Å²) in [5, 5.41) is 10.2. The molecule has 1 aromatic carbocycles. The van der Waals surface area contributed by atoms with E-state index >= 15 is 0 Å². The highest BCUT2D eigenvalue weighted by molar-refractivity contribution is 6.30. The third kappa shape index (κ3) is 3.85. The number of hydrogen-bond donors (Lipinski definition) is 1. The molecule has 0 bridgehead atoms. The molecule has 1 atom stereocenters. The first kappa shape index (κ1) is 15.1. The van der Waals surface area contributed by atoms with Crippen molar-refractivity contribution in [2.24, 2.45) is 0 Å². The van der Waals surface area contributed by atoms with E-state index in [1.807, 2.05) is 0 Å². The highest BCUT2D eigenvalue weighted by atomic mass is 35.5. The van der Waals surface area contributed by atoms with Crippen molar-refractivity contribution in [2.45, 2.75) is 13.0 Å². The van der Waals surface area contributed by atoms with Crippen LogP contribution in [0.2, 0.25) is 5.02 Å². The van der Waals surface area contributed by atoms with Gasteiger partial charge in [0.05, 0.1) is 19.3 Å². The number of rotatable bonds is 4. The Morgan fingerprint density at radius 2 is 2.20 bits per heavy atom. The van der Waals surface area contributed by atoms with E-state index in [0.29, 0.717) is 42.6 Å². The molecule has 110 valence electrons. The first-order valence-electron chi connectivity index (χ1n) is 6.54. The molecule has 0 radical (unpaired) electrons. The minimum absolute atomic E-state index is 0.0542. The first-order valence-corrected chi connectivity index (χ1v) is 6.91. The number of amides is 1. The molecule has 1 aliphatic rings. The Morgan fingerprint density at radius 1 is 1.50 bits per heavy atom. The van der Waals surface area contributed by atoms with E-state index in [4.69, 9.17) is 21.1 Å². The van der Waals surface area contributed by atoms with E-state index in [9.17, 15) is 9.90 Å². The van der Waals surface area contributed by atoms with Gasteiger partial charge < -0.3 is 19.5 Å². The third-order valence-corrected chi connectivity index (χ3v) is 3.37.